The van der Waals surface area contributed by atoms with Gasteiger partial charge >= 0.3 is 6.18 Å². The van der Waals surface area contributed by atoms with E-state index in [2.05, 4.69) is 5.16 Å². The van der Waals surface area contributed by atoms with Gasteiger partial charge in [0, 0.05) is 11.6 Å². The number of halogens is 3. The monoisotopic (exact) mass is 342 g/mol. The number of Topliss-reactive ketones (excluding diaryl/α,β-unsaturated/α-hetero) is 1. The molecule has 0 saturated carbocycles. The Labute approximate surface area is 134 Å². The van der Waals surface area contributed by atoms with E-state index in [1.54, 1.807) is 29.6 Å². The Morgan fingerprint density at radius 2 is 1.92 bits per heavy atom. The predicted octanol–water partition coefficient (Wildman–Crippen LogP) is 2.75. The van der Waals surface area contributed by atoms with Crippen LogP contribution in [-0.2, 0) is 6.61 Å². The summed E-state index contributed by atoms with van der Waals surface area (Å²) < 4.78 is 46.3. The second kappa shape index (κ2) is 7.16. The lowest BCUT2D eigenvalue weighted by molar-refractivity contribution is -0.123. The normalized spacial score (nSPS) is 11.2. The first kappa shape index (κ1) is 17.5. The van der Waals surface area contributed by atoms with Crippen LogP contribution in [0.1, 0.15) is 33.5 Å². The van der Waals surface area contributed by atoms with E-state index in [4.69, 9.17) is 9.26 Å². The first-order valence-corrected chi connectivity index (χ1v) is 6.79. The van der Waals surface area contributed by atoms with Crippen LogP contribution in [0.5, 0.6) is 5.75 Å². The van der Waals surface area contributed by atoms with E-state index in [1.165, 1.54) is 13.0 Å². The van der Waals surface area contributed by atoms with Gasteiger partial charge in [-0.3, -0.25) is 9.59 Å². The third-order valence-corrected chi connectivity index (χ3v) is 2.88. The van der Waals surface area contributed by atoms with Crippen LogP contribution in [0.3, 0.4) is 0 Å². The van der Waals surface area contributed by atoms with E-state index in [0.717, 1.165) is 0 Å². The van der Waals surface area contributed by atoms with Gasteiger partial charge in [0.1, 0.15) is 18.9 Å². The van der Waals surface area contributed by atoms with E-state index in [0.29, 0.717) is 11.3 Å². The number of nitrogens with one attached hydrogen (secondary N) is 1. The molecule has 0 saturated heterocycles. The Hall–Kier alpha value is -2.84. The Bertz CT molecular complexity index is 723. The molecule has 2 aromatic rings. The molecule has 1 amide bonds. The maximum atomic E-state index is 12.0. The van der Waals surface area contributed by atoms with Crippen LogP contribution in [0.4, 0.5) is 13.2 Å². The minimum absolute atomic E-state index is 0.0705. The van der Waals surface area contributed by atoms with Crippen LogP contribution in [0, 0.1) is 0 Å². The molecule has 0 aliphatic rings. The van der Waals surface area contributed by atoms with Gasteiger partial charge in [0.2, 0.25) is 0 Å². The highest BCUT2D eigenvalue weighted by Crippen LogP contribution is 2.16. The van der Waals surface area contributed by atoms with Crippen molar-refractivity contribution < 1.29 is 32.0 Å². The van der Waals surface area contributed by atoms with Gasteiger partial charge in [-0.25, -0.2) is 0 Å². The van der Waals surface area contributed by atoms with Crippen molar-refractivity contribution in [1.29, 1.82) is 0 Å². The van der Waals surface area contributed by atoms with Gasteiger partial charge in [-0.1, -0.05) is 5.16 Å². The van der Waals surface area contributed by atoms with Gasteiger partial charge in [-0.15, -0.1) is 0 Å². The zero-order valence-electron chi connectivity index (χ0n) is 12.5. The van der Waals surface area contributed by atoms with Crippen LogP contribution in [-0.4, -0.2) is 29.6 Å². The van der Waals surface area contributed by atoms with E-state index >= 15 is 0 Å². The summed E-state index contributed by atoms with van der Waals surface area (Å²) in [5.41, 5.74) is 0.260. The van der Waals surface area contributed by atoms with E-state index in [-0.39, 0.29) is 23.8 Å². The Balaban J connectivity index is 1.89. The van der Waals surface area contributed by atoms with Crippen LogP contribution < -0.4 is 10.1 Å². The summed E-state index contributed by atoms with van der Waals surface area (Å²) >= 11 is 0. The summed E-state index contributed by atoms with van der Waals surface area (Å²) in [6.45, 7) is -0.0816. The molecule has 2 rings (SSSR count). The van der Waals surface area contributed by atoms with Gasteiger partial charge in [-0.2, -0.15) is 13.2 Å². The van der Waals surface area contributed by atoms with Crippen molar-refractivity contribution in [2.45, 2.75) is 19.7 Å². The number of nitrogens with zero attached hydrogens (tertiary/aromatic N) is 1. The fraction of sp³-hybridized carbons (Fsp3) is 0.267. The molecule has 0 radical (unpaired) electrons. The average Bonchev–Trinajstić information content (AvgIpc) is 2.99. The van der Waals surface area contributed by atoms with Crippen LogP contribution >= 0.6 is 0 Å². The smallest absolute Gasteiger partial charge is 0.405 e. The third kappa shape index (κ3) is 5.11. The molecule has 0 spiro atoms. The lowest BCUT2D eigenvalue weighted by Gasteiger charge is -2.06. The lowest BCUT2D eigenvalue weighted by atomic mass is 10.1. The van der Waals surface area contributed by atoms with Crippen molar-refractivity contribution >= 4 is 11.7 Å². The average molecular weight is 342 g/mol. The molecule has 1 heterocycles. The maximum absolute atomic E-state index is 12.0. The molecule has 9 heteroatoms. The van der Waals surface area contributed by atoms with Gasteiger partial charge in [0.25, 0.3) is 5.91 Å². The number of benzene rings is 1. The van der Waals surface area contributed by atoms with Crippen molar-refractivity contribution in [3.8, 4) is 5.75 Å². The lowest BCUT2D eigenvalue weighted by Crippen LogP contribution is -2.33. The zero-order valence-corrected chi connectivity index (χ0v) is 12.5. The highest BCUT2D eigenvalue weighted by atomic mass is 19.4. The fourth-order valence-electron chi connectivity index (χ4n) is 1.70. The fourth-order valence-corrected chi connectivity index (χ4v) is 1.70. The highest BCUT2D eigenvalue weighted by Gasteiger charge is 2.28. The molecule has 1 aromatic heterocycles. The van der Waals surface area contributed by atoms with E-state index < -0.39 is 18.6 Å². The predicted molar refractivity (Wildman–Crippen MR) is 75.7 cm³/mol. The largest absolute Gasteiger partial charge is 0.486 e. The van der Waals surface area contributed by atoms with Crippen molar-refractivity contribution in [1.82, 2.24) is 10.5 Å². The number of rotatable bonds is 6. The number of amides is 1. The molecule has 1 N–H and O–H groups in total. The minimum Gasteiger partial charge on any atom is -0.486 e. The molecule has 1 aromatic carbocycles. The Kier molecular flexibility index (Phi) is 5.22. The summed E-state index contributed by atoms with van der Waals surface area (Å²) in [7, 11) is 0. The molecule has 128 valence electrons. The molecule has 0 aliphatic carbocycles. The number of carbonyl (C=O) groups is 2. The van der Waals surface area contributed by atoms with Gasteiger partial charge in [0.15, 0.2) is 17.2 Å². The van der Waals surface area contributed by atoms with Crippen molar-refractivity contribution in [2.24, 2.45) is 0 Å². The number of alkyl halides is 3. The molecule has 0 fully saturated rings. The third-order valence-electron chi connectivity index (χ3n) is 2.88. The number of hydrogen-bond donors (Lipinski definition) is 1. The molecule has 24 heavy (non-hydrogen) atoms. The van der Waals surface area contributed by atoms with Crippen molar-refractivity contribution in [3.63, 3.8) is 0 Å². The first-order chi connectivity index (χ1) is 11.2. The number of hydrogen-bond acceptors (Lipinski definition) is 5. The SMILES string of the molecule is CC(=O)c1ccc(OCc2cc(C(=O)NCC(F)(F)F)no2)cc1. The van der Waals surface area contributed by atoms with E-state index in [1.807, 2.05) is 0 Å². The maximum Gasteiger partial charge on any atom is 0.405 e. The van der Waals surface area contributed by atoms with E-state index in [9.17, 15) is 22.8 Å². The molecule has 6 nitrogen and oxygen atoms in total. The van der Waals surface area contributed by atoms with Crippen LogP contribution in [0.2, 0.25) is 0 Å². The second-order valence-corrected chi connectivity index (χ2v) is 4.85. The molecular formula is C15H13F3N2O4. The summed E-state index contributed by atoms with van der Waals surface area (Å²) in [6.07, 6.45) is -4.50. The zero-order chi connectivity index (χ0) is 17.7. The molecular weight excluding hydrogens is 329 g/mol. The molecule has 0 bridgehead atoms. The summed E-state index contributed by atoms with van der Waals surface area (Å²) in [5.74, 6) is -0.443. The Morgan fingerprint density at radius 3 is 2.50 bits per heavy atom. The minimum atomic E-state index is -4.50. The summed E-state index contributed by atoms with van der Waals surface area (Å²) in [5, 5.41) is 5.07. The van der Waals surface area contributed by atoms with Gasteiger partial charge < -0.3 is 14.6 Å². The van der Waals surface area contributed by atoms with Crippen LogP contribution in [0.15, 0.2) is 34.9 Å². The summed E-state index contributed by atoms with van der Waals surface area (Å²) in [6, 6.07) is 7.55. The van der Waals surface area contributed by atoms with Crippen molar-refractivity contribution in [3.05, 3.63) is 47.3 Å². The first-order valence-electron chi connectivity index (χ1n) is 6.79. The molecule has 0 unspecified atom stereocenters. The molecule has 0 aliphatic heterocycles. The Morgan fingerprint density at radius 1 is 1.25 bits per heavy atom. The topological polar surface area (TPSA) is 81.4 Å². The number of aromatic nitrogens is 1. The molecule has 0 atom stereocenters. The quantitative estimate of drug-likeness (QED) is 0.817. The van der Waals surface area contributed by atoms with Gasteiger partial charge in [-0.05, 0) is 31.2 Å². The van der Waals surface area contributed by atoms with Crippen molar-refractivity contribution in [2.75, 3.05) is 6.54 Å². The highest BCUT2D eigenvalue weighted by molar-refractivity contribution is 5.94. The standard InChI is InChI=1S/C15H13F3N2O4/c1-9(21)10-2-4-11(5-3-10)23-7-12-6-13(20-24-12)14(22)19-8-15(16,17)18/h2-6H,7-8H2,1H3,(H,19,22). The number of ketones is 1. The van der Waals surface area contributed by atoms with Gasteiger partial charge in [0.05, 0.1) is 0 Å². The number of carbonyl (C=O) groups excluding carboxylic acids is 2. The number of ether oxygens (including phenoxy) is 1. The van der Waals surface area contributed by atoms with Crippen LogP contribution in [0.25, 0.3) is 0 Å². The summed E-state index contributed by atoms with van der Waals surface area (Å²) in [4.78, 5) is 22.6. The second-order valence-electron chi connectivity index (χ2n) is 4.85.